The maximum atomic E-state index is 12.1. The van der Waals surface area contributed by atoms with Crippen LogP contribution >= 0.6 is 24.0 Å². The van der Waals surface area contributed by atoms with Gasteiger partial charge in [0, 0.05) is 32.6 Å². The predicted molar refractivity (Wildman–Crippen MR) is 142 cm³/mol. The molecule has 7 nitrogen and oxygen atoms in total. The van der Waals surface area contributed by atoms with Crippen LogP contribution in [-0.4, -0.2) is 57.2 Å². The Balaban J connectivity index is 0.00000385. The number of nitrogens with one attached hydrogen (secondary N) is 2. The number of nitrogens with zero attached hydrogens (tertiary/aromatic N) is 2. The first-order valence-corrected chi connectivity index (χ1v) is 11.1. The second-order valence-corrected chi connectivity index (χ2v) is 8.31. The molecule has 0 radical (unpaired) electrons. The van der Waals surface area contributed by atoms with Crippen LogP contribution in [0.3, 0.4) is 0 Å². The third-order valence-corrected chi connectivity index (χ3v) is 5.27. The molecule has 180 valence electrons. The highest BCUT2D eigenvalue weighted by Crippen LogP contribution is 2.31. The Labute approximate surface area is 214 Å². The fraction of sp³-hybridized carbons (Fsp3) is 0.440. The molecule has 2 N–H and O–H groups in total. The van der Waals surface area contributed by atoms with Gasteiger partial charge in [-0.3, -0.25) is 4.79 Å². The molecular weight excluding hydrogens is 531 g/mol. The van der Waals surface area contributed by atoms with E-state index >= 15 is 0 Å². The molecule has 2 aromatic carbocycles. The number of likely N-dealkylation sites (N-methyl/N-ethyl adjacent to an activating group) is 1. The predicted octanol–water partition coefficient (Wildman–Crippen LogP) is 3.60. The van der Waals surface area contributed by atoms with Crippen molar-refractivity contribution in [3.8, 4) is 5.75 Å². The molecule has 0 aliphatic carbocycles. The number of amides is 1. The zero-order valence-corrected chi connectivity index (χ0v) is 22.0. The zero-order valence-electron chi connectivity index (χ0n) is 19.6. The molecule has 0 bridgehead atoms. The smallest absolute Gasteiger partial charge is 0.243 e. The standard InChI is InChI=1S/C25H34N4O3.HI/c1-19(17-31-18-20-9-5-4-6-10-20)15-26-25(27-16-24(30)29(2)3)28-22-13-14-32-23-12-8-7-11-21(22)23;/h4-12,19,22H,13-18H2,1-3H3,(H2,26,27,28);1H. The summed E-state index contributed by atoms with van der Waals surface area (Å²) in [7, 11) is 3.47. The number of halogens is 1. The number of carbonyl (C=O) groups excluding carboxylic acids is 1. The maximum absolute atomic E-state index is 12.1. The Hall–Kier alpha value is -2.33. The minimum absolute atomic E-state index is 0. The van der Waals surface area contributed by atoms with Crippen LogP contribution in [0.1, 0.15) is 30.5 Å². The van der Waals surface area contributed by atoms with Crippen LogP contribution in [0.2, 0.25) is 0 Å². The number of para-hydroxylation sites is 1. The van der Waals surface area contributed by atoms with Gasteiger partial charge in [0.1, 0.15) is 12.3 Å². The number of hydrogen-bond donors (Lipinski definition) is 2. The van der Waals surface area contributed by atoms with E-state index in [-0.39, 0.29) is 48.4 Å². The third kappa shape index (κ3) is 8.85. The van der Waals surface area contributed by atoms with Gasteiger partial charge in [0.2, 0.25) is 5.91 Å². The summed E-state index contributed by atoms with van der Waals surface area (Å²) < 4.78 is 11.6. The fourth-order valence-electron chi connectivity index (χ4n) is 3.38. The molecule has 0 saturated heterocycles. The Morgan fingerprint density at radius 1 is 1.18 bits per heavy atom. The number of carbonyl (C=O) groups is 1. The molecule has 33 heavy (non-hydrogen) atoms. The molecule has 1 heterocycles. The lowest BCUT2D eigenvalue weighted by Gasteiger charge is -2.28. The van der Waals surface area contributed by atoms with Crippen molar-refractivity contribution in [1.29, 1.82) is 0 Å². The molecule has 1 aliphatic heterocycles. The van der Waals surface area contributed by atoms with E-state index in [2.05, 4.69) is 40.7 Å². The van der Waals surface area contributed by atoms with Crippen LogP contribution in [-0.2, 0) is 16.1 Å². The number of aliphatic imine (C=N–C) groups is 1. The Morgan fingerprint density at radius 3 is 2.67 bits per heavy atom. The van der Waals surface area contributed by atoms with Crippen molar-refractivity contribution in [1.82, 2.24) is 15.5 Å². The van der Waals surface area contributed by atoms with E-state index in [9.17, 15) is 4.79 Å². The summed E-state index contributed by atoms with van der Waals surface area (Å²) >= 11 is 0. The first kappa shape index (κ1) is 26.9. The highest BCUT2D eigenvalue weighted by molar-refractivity contribution is 14.0. The van der Waals surface area contributed by atoms with Crippen molar-refractivity contribution in [2.24, 2.45) is 10.9 Å². The summed E-state index contributed by atoms with van der Waals surface area (Å²) in [4.78, 5) is 18.2. The third-order valence-electron chi connectivity index (χ3n) is 5.27. The van der Waals surface area contributed by atoms with Crippen molar-refractivity contribution in [3.63, 3.8) is 0 Å². The van der Waals surface area contributed by atoms with Gasteiger partial charge in [-0.1, -0.05) is 55.5 Å². The number of ether oxygens (including phenoxy) is 2. The SMILES string of the molecule is CC(CNC(=NCC(=O)N(C)C)NC1CCOc2ccccc21)COCc1ccccc1.I. The highest BCUT2D eigenvalue weighted by Gasteiger charge is 2.22. The van der Waals surface area contributed by atoms with E-state index in [0.717, 1.165) is 23.3 Å². The summed E-state index contributed by atoms with van der Waals surface area (Å²) in [5.74, 6) is 1.74. The van der Waals surface area contributed by atoms with Crippen molar-refractivity contribution >= 4 is 35.8 Å². The van der Waals surface area contributed by atoms with Crippen LogP contribution in [0.5, 0.6) is 5.75 Å². The van der Waals surface area contributed by atoms with Crippen molar-refractivity contribution in [3.05, 3.63) is 65.7 Å². The number of fused-ring (bicyclic) bond motifs is 1. The Morgan fingerprint density at radius 2 is 1.91 bits per heavy atom. The molecule has 0 saturated carbocycles. The molecule has 2 aromatic rings. The number of hydrogen-bond acceptors (Lipinski definition) is 4. The van der Waals surface area contributed by atoms with Gasteiger partial charge in [0.25, 0.3) is 0 Å². The summed E-state index contributed by atoms with van der Waals surface area (Å²) in [5, 5.41) is 6.88. The molecule has 0 fully saturated rings. The van der Waals surface area contributed by atoms with Crippen molar-refractivity contribution in [2.45, 2.75) is 26.0 Å². The summed E-state index contributed by atoms with van der Waals surface area (Å²) in [6.07, 6.45) is 0.828. The van der Waals surface area contributed by atoms with E-state index in [1.54, 1.807) is 19.0 Å². The summed E-state index contributed by atoms with van der Waals surface area (Å²) in [5.41, 5.74) is 2.27. The van der Waals surface area contributed by atoms with Gasteiger partial charge in [0.05, 0.1) is 25.9 Å². The molecule has 2 atom stereocenters. The van der Waals surface area contributed by atoms with Gasteiger partial charge in [-0.05, 0) is 17.5 Å². The largest absolute Gasteiger partial charge is 0.493 e. The molecule has 0 spiro atoms. The van der Waals surface area contributed by atoms with E-state index < -0.39 is 0 Å². The van der Waals surface area contributed by atoms with Crippen molar-refractivity contribution < 1.29 is 14.3 Å². The second-order valence-electron chi connectivity index (χ2n) is 8.31. The Kier molecular flexibility index (Phi) is 11.5. The van der Waals surface area contributed by atoms with Gasteiger partial charge >= 0.3 is 0 Å². The number of benzene rings is 2. The van der Waals surface area contributed by atoms with Gasteiger partial charge in [-0.25, -0.2) is 4.99 Å². The van der Waals surface area contributed by atoms with E-state index in [1.807, 2.05) is 36.4 Å². The quantitative estimate of drug-likeness (QED) is 0.276. The monoisotopic (exact) mass is 566 g/mol. The first-order valence-electron chi connectivity index (χ1n) is 11.1. The van der Waals surface area contributed by atoms with Crippen LogP contribution in [0.25, 0.3) is 0 Å². The molecule has 8 heteroatoms. The average molecular weight is 566 g/mol. The zero-order chi connectivity index (χ0) is 22.8. The lowest BCUT2D eigenvalue weighted by atomic mass is 10.0. The molecular formula is C25H35IN4O3. The van der Waals surface area contributed by atoms with Crippen LogP contribution in [0.4, 0.5) is 0 Å². The minimum Gasteiger partial charge on any atom is -0.493 e. The molecule has 1 aliphatic rings. The first-order chi connectivity index (χ1) is 15.5. The highest BCUT2D eigenvalue weighted by atomic mass is 127. The lowest BCUT2D eigenvalue weighted by molar-refractivity contribution is -0.127. The molecule has 3 rings (SSSR count). The molecule has 1 amide bonds. The number of rotatable bonds is 9. The van der Waals surface area contributed by atoms with E-state index in [4.69, 9.17) is 9.47 Å². The lowest BCUT2D eigenvalue weighted by Crippen LogP contribution is -2.43. The Bertz CT molecular complexity index is 892. The van der Waals surface area contributed by atoms with Crippen LogP contribution in [0, 0.1) is 5.92 Å². The van der Waals surface area contributed by atoms with Gasteiger partial charge in [-0.2, -0.15) is 0 Å². The van der Waals surface area contributed by atoms with Gasteiger partial charge in [-0.15, -0.1) is 24.0 Å². The average Bonchev–Trinajstić information content (AvgIpc) is 2.81. The van der Waals surface area contributed by atoms with Crippen LogP contribution < -0.4 is 15.4 Å². The van der Waals surface area contributed by atoms with Crippen LogP contribution in [0.15, 0.2) is 59.6 Å². The van der Waals surface area contributed by atoms with Gasteiger partial charge < -0.3 is 25.0 Å². The molecule has 2 unspecified atom stereocenters. The van der Waals surface area contributed by atoms with Crippen molar-refractivity contribution in [2.75, 3.05) is 40.4 Å². The second kappa shape index (κ2) is 14.0. The fourth-order valence-corrected chi connectivity index (χ4v) is 3.38. The van der Waals surface area contributed by atoms with E-state index in [0.29, 0.717) is 32.3 Å². The van der Waals surface area contributed by atoms with Gasteiger partial charge in [0.15, 0.2) is 5.96 Å². The number of guanidine groups is 1. The maximum Gasteiger partial charge on any atom is 0.243 e. The summed E-state index contributed by atoms with van der Waals surface area (Å²) in [6, 6.07) is 18.3. The van der Waals surface area contributed by atoms with E-state index in [1.165, 1.54) is 0 Å². The summed E-state index contributed by atoms with van der Waals surface area (Å²) in [6.45, 7) is 4.77. The topological polar surface area (TPSA) is 75.2 Å². The molecule has 0 aromatic heterocycles. The normalized spacial score (nSPS) is 16.0. The minimum atomic E-state index is -0.0438.